The summed E-state index contributed by atoms with van der Waals surface area (Å²) in [5.41, 5.74) is 18.0. The van der Waals surface area contributed by atoms with E-state index in [4.69, 9.17) is 17.2 Å². The lowest BCUT2D eigenvalue weighted by atomic mass is 9.99. The number of rotatable bonds is 36. The Morgan fingerprint density at radius 3 is 1.42 bits per heavy atom. The van der Waals surface area contributed by atoms with Crippen LogP contribution in [0.5, 0.6) is 11.5 Å². The third-order valence-corrected chi connectivity index (χ3v) is 13.6. The van der Waals surface area contributed by atoms with Gasteiger partial charge in [0.25, 0.3) is 0 Å². The van der Waals surface area contributed by atoms with Crippen LogP contribution in [0.4, 0.5) is 0 Å². The van der Waals surface area contributed by atoms with Crippen molar-refractivity contribution >= 4 is 95.3 Å². The number of hydrogen-bond donors (Lipinski definition) is 17. The molecule has 0 aromatic heterocycles. The van der Waals surface area contributed by atoms with Crippen LogP contribution in [0.3, 0.4) is 0 Å². The zero-order chi connectivity index (χ0) is 62.6. The molecule has 0 bridgehead atoms. The Kier molecular flexibility index (Phi) is 29.5. The number of phenolic OH excluding ortho intramolecular Hbond substituents is 2. The molecule has 0 radical (unpaired) electrons. The standard InChI is InChI=1S/C54H74N12O16S2/c1-28(2)45(66-49(76)36(19-20-84-3)60-46(73)34(55)27-83)53(80)64-39(23-31-11-15-33(69)16-12-31)50(77)61-35(17-18-42(56)70)48(75)62-37(22-30-9-13-32(68)14-10-30)47(74)58-25-44(72)59-40(24-43(57)71)52(79)63-38(21-29-7-5-4-6-8-29)51(78)65-41(26-67)54(81)82/h4-16,28,34-41,45,67-69,83H,17-27,55H2,1-3H3,(H2,56,70)(H2,57,71)(H,58,74)(H,59,72)(H,60,73)(H,61,77)(H,62,75)(H,63,79)(H,64,80)(H,65,78)(H,66,76)(H,81,82)/t34-,35-,36-,37-,38-,39-,40-,41-,45-/m0/s1. The van der Waals surface area contributed by atoms with Crippen LogP contribution in [0.1, 0.15) is 56.2 Å². The number of carbonyl (C=O) groups excluding carboxylic acids is 11. The summed E-state index contributed by atoms with van der Waals surface area (Å²) in [6, 6.07) is 5.70. The van der Waals surface area contributed by atoms with Crippen LogP contribution in [0.2, 0.25) is 0 Å². The molecule has 0 spiro atoms. The number of aromatic hydroxyl groups is 2. The predicted molar refractivity (Wildman–Crippen MR) is 309 cm³/mol. The van der Waals surface area contributed by atoms with Crippen LogP contribution in [-0.4, -0.2) is 177 Å². The second kappa shape index (κ2) is 35.5. The Bertz CT molecular complexity index is 2760. The van der Waals surface area contributed by atoms with E-state index < -0.39 is 164 Å². The van der Waals surface area contributed by atoms with E-state index in [1.165, 1.54) is 60.3 Å². The van der Waals surface area contributed by atoms with Crippen LogP contribution in [0.15, 0.2) is 78.9 Å². The quantitative estimate of drug-likeness (QED) is 0.0247. The lowest BCUT2D eigenvalue weighted by Gasteiger charge is -2.29. The van der Waals surface area contributed by atoms with E-state index in [1.54, 1.807) is 50.4 Å². The maximum Gasteiger partial charge on any atom is 0.328 e. The third-order valence-electron chi connectivity index (χ3n) is 12.5. The van der Waals surface area contributed by atoms with Gasteiger partial charge < -0.3 is 85.5 Å². The molecule has 11 amide bonds. The topological polar surface area (TPSA) is 472 Å². The third kappa shape index (κ3) is 24.5. The van der Waals surface area contributed by atoms with Crippen LogP contribution in [0, 0.1) is 5.92 Å². The normalized spacial score (nSPS) is 14.2. The molecule has 458 valence electrons. The van der Waals surface area contributed by atoms with E-state index in [1.807, 2.05) is 0 Å². The minimum Gasteiger partial charge on any atom is -0.508 e. The van der Waals surface area contributed by atoms with Crippen LogP contribution in [0.25, 0.3) is 0 Å². The molecule has 3 rings (SSSR count). The zero-order valence-corrected chi connectivity index (χ0v) is 48.0. The van der Waals surface area contributed by atoms with E-state index in [9.17, 15) is 78.0 Å². The molecule has 3 aromatic carbocycles. The molecule has 28 nitrogen and oxygen atoms in total. The summed E-state index contributed by atoms with van der Waals surface area (Å²) in [6.45, 7) is 1.30. The van der Waals surface area contributed by atoms with Gasteiger partial charge in [0.2, 0.25) is 65.0 Å². The Morgan fingerprint density at radius 2 is 0.952 bits per heavy atom. The molecule has 84 heavy (non-hydrogen) atoms. The van der Waals surface area contributed by atoms with Crippen molar-refractivity contribution in [1.29, 1.82) is 0 Å². The molecular formula is C54H74N12O16S2. The maximum absolute atomic E-state index is 14.5. The first-order valence-electron chi connectivity index (χ1n) is 26.3. The lowest BCUT2D eigenvalue weighted by Crippen LogP contribution is -2.61. The first-order valence-corrected chi connectivity index (χ1v) is 28.3. The van der Waals surface area contributed by atoms with Gasteiger partial charge >= 0.3 is 5.97 Å². The number of hydrogen-bond acceptors (Lipinski definition) is 18. The number of aliphatic carboxylic acids is 1. The summed E-state index contributed by atoms with van der Waals surface area (Å²) < 4.78 is 0. The van der Waals surface area contributed by atoms with Gasteiger partial charge in [0, 0.05) is 31.4 Å². The van der Waals surface area contributed by atoms with Gasteiger partial charge in [-0.15, -0.1) is 0 Å². The van der Waals surface area contributed by atoms with Crippen molar-refractivity contribution in [3.05, 3.63) is 95.6 Å². The molecule has 0 aliphatic carbocycles. The fourth-order valence-corrected chi connectivity index (χ4v) is 8.54. The van der Waals surface area contributed by atoms with Gasteiger partial charge in [0.1, 0.15) is 59.8 Å². The molecular weight excluding hydrogens is 1140 g/mol. The molecule has 0 aliphatic rings. The minimum absolute atomic E-state index is 0.0161. The number of primary amides is 2. The molecule has 0 saturated carbocycles. The predicted octanol–water partition coefficient (Wildman–Crippen LogP) is -4.00. The van der Waals surface area contributed by atoms with Gasteiger partial charge in [0.15, 0.2) is 0 Å². The van der Waals surface area contributed by atoms with Crippen LogP contribution in [-0.2, 0) is 76.8 Å². The fraction of sp³-hybridized carbons (Fsp3) is 0.444. The lowest BCUT2D eigenvalue weighted by molar-refractivity contribution is -0.143. The van der Waals surface area contributed by atoms with E-state index >= 15 is 0 Å². The van der Waals surface area contributed by atoms with Crippen molar-refractivity contribution in [3.8, 4) is 11.5 Å². The Morgan fingerprint density at radius 1 is 0.524 bits per heavy atom. The molecule has 30 heteroatoms. The van der Waals surface area contributed by atoms with Gasteiger partial charge in [-0.25, -0.2) is 4.79 Å². The van der Waals surface area contributed by atoms with Crippen LogP contribution >= 0.6 is 24.4 Å². The summed E-state index contributed by atoms with van der Waals surface area (Å²) in [5, 5.41) is 60.8. The first-order chi connectivity index (χ1) is 39.7. The van der Waals surface area contributed by atoms with Gasteiger partial charge in [-0.05, 0) is 71.7 Å². The average molecular weight is 1210 g/mol. The molecule has 19 N–H and O–H groups in total. The number of phenols is 2. The van der Waals surface area contributed by atoms with Crippen molar-refractivity contribution in [3.63, 3.8) is 0 Å². The number of carboxylic acids is 1. The van der Waals surface area contributed by atoms with Crippen LogP contribution < -0.4 is 65.1 Å². The largest absolute Gasteiger partial charge is 0.508 e. The monoisotopic (exact) mass is 1210 g/mol. The SMILES string of the molecule is CSCC[C@H](NC(=O)[C@@H](N)CS)C(=O)N[C@H](C(=O)N[C@@H](Cc1ccc(O)cc1)C(=O)N[C@@H](CCC(N)=O)C(=O)N[C@@H](Cc1ccc(O)cc1)C(=O)NCC(=O)N[C@@H](CC(N)=O)C(=O)N[C@@H](Cc1ccccc1)C(=O)N[C@@H](CO)C(=O)O)C(C)C. The number of amides is 11. The van der Waals surface area contributed by atoms with Gasteiger partial charge in [0.05, 0.1) is 25.6 Å². The van der Waals surface area contributed by atoms with Crippen molar-refractivity contribution in [2.75, 3.05) is 30.9 Å². The number of carbonyl (C=O) groups is 12. The maximum atomic E-state index is 14.5. The molecule has 9 atom stereocenters. The number of benzene rings is 3. The molecule has 0 aliphatic heterocycles. The molecule has 0 unspecified atom stereocenters. The number of thiol groups is 1. The van der Waals surface area contributed by atoms with Crippen molar-refractivity contribution in [2.45, 2.75) is 113 Å². The van der Waals surface area contributed by atoms with E-state index in [-0.39, 0.29) is 42.9 Å². The number of carboxylic acid groups (broad SMARTS) is 1. The van der Waals surface area contributed by atoms with Crippen molar-refractivity contribution in [1.82, 2.24) is 47.9 Å². The number of aliphatic hydroxyl groups excluding tert-OH is 1. The summed E-state index contributed by atoms with van der Waals surface area (Å²) >= 11 is 5.45. The summed E-state index contributed by atoms with van der Waals surface area (Å²) in [4.78, 5) is 160. The molecule has 3 aromatic rings. The summed E-state index contributed by atoms with van der Waals surface area (Å²) in [6.07, 6.45) is -0.680. The van der Waals surface area contributed by atoms with Gasteiger partial charge in [-0.2, -0.15) is 24.4 Å². The Labute approximate surface area is 493 Å². The number of thioether (sulfide) groups is 1. The highest BCUT2D eigenvalue weighted by Crippen LogP contribution is 2.16. The van der Waals surface area contributed by atoms with Crippen molar-refractivity contribution in [2.24, 2.45) is 23.1 Å². The average Bonchev–Trinajstić information content (AvgIpc) is 3.62. The Balaban J connectivity index is 1.93. The summed E-state index contributed by atoms with van der Waals surface area (Å²) in [7, 11) is 0. The fourth-order valence-electron chi connectivity index (χ4n) is 7.91. The highest BCUT2D eigenvalue weighted by Gasteiger charge is 2.36. The molecule has 0 fully saturated rings. The first kappa shape index (κ1) is 69.8. The van der Waals surface area contributed by atoms with Gasteiger partial charge in [-0.1, -0.05) is 68.4 Å². The summed E-state index contributed by atoms with van der Waals surface area (Å²) in [5.74, 6) is -12.7. The number of nitrogens with one attached hydrogen (secondary N) is 9. The Hall–Kier alpha value is -8.48. The minimum atomic E-state index is -1.78. The van der Waals surface area contributed by atoms with E-state index in [0.717, 1.165) is 0 Å². The van der Waals surface area contributed by atoms with Gasteiger partial charge in [-0.3, -0.25) is 52.7 Å². The molecule has 0 saturated heterocycles. The van der Waals surface area contributed by atoms with E-state index in [0.29, 0.717) is 22.4 Å². The van der Waals surface area contributed by atoms with E-state index in [2.05, 4.69) is 60.5 Å². The highest BCUT2D eigenvalue weighted by molar-refractivity contribution is 7.98. The second-order valence-electron chi connectivity index (χ2n) is 19.6. The zero-order valence-electron chi connectivity index (χ0n) is 46.3. The molecule has 0 heterocycles. The number of nitrogens with two attached hydrogens (primary N) is 3. The van der Waals surface area contributed by atoms with Crippen molar-refractivity contribution < 1.29 is 78.0 Å². The number of aliphatic hydroxyl groups is 1. The second-order valence-corrected chi connectivity index (χ2v) is 21.0. The highest BCUT2D eigenvalue weighted by atomic mass is 32.2. The smallest absolute Gasteiger partial charge is 0.328 e.